The summed E-state index contributed by atoms with van der Waals surface area (Å²) in [5.41, 5.74) is 0.490. The van der Waals surface area contributed by atoms with Crippen LogP contribution < -0.4 is 4.90 Å². The van der Waals surface area contributed by atoms with Crippen LogP contribution in [0.2, 0.25) is 0 Å². The summed E-state index contributed by atoms with van der Waals surface area (Å²) < 4.78 is 1.70. The van der Waals surface area contributed by atoms with Crippen LogP contribution in [0.5, 0.6) is 0 Å². The highest BCUT2D eigenvalue weighted by Crippen LogP contribution is 2.35. The minimum absolute atomic E-state index is 0.0590. The molecule has 1 aromatic heterocycles. The lowest BCUT2D eigenvalue weighted by molar-refractivity contribution is -0.384. The Morgan fingerprint density at radius 2 is 2.14 bits per heavy atom. The van der Waals surface area contributed by atoms with Gasteiger partial charge >= 0.3 is 5.69 Å². The van der Waals surface area contributed by atoms with Crippen molar-refractivity contribution in [2.24, 2.45) is 0 Å². The molecule has 21 heavy (non-hydrogen) atoms. The Morgan fingerprint density at radius 3 is 2.71 bits per heavy atom. The molecule has 1 fully saturated rings. The third-order valence-corrected chi connectivity index (χ3v) is 4.21. The molecular formula is C14H24N4O3. The van der Waals surface area contributed by atoms with E-state index >= 15 is 0 Å². The zero-order valence-corrected chi connectivity index (χ0v) is 12.9. The molecule has 0 saturated heterocycles. The van der Waals surface area contributed by atoms with Crippen molar-refractivity contribution in [1.29, 1.82) is 0 Å². The van der Waals surface area contributed by atoms with Crippen LogP contribution in [0.3, 0.4) is 0 Å². The third kappa shape index (κ3) is 3.02. The van der Waals surface area contributed by atoms with Crippen LogP contribution in [0.1, 0.15) is 44.7 Å². The summed E-state index contributed by atoms with van der Waals surface area (Å²) in [5, 5.41) is 25.9. The van der Waals surface area contributed by atoms with E-state index in [1.165, 1.54) is 0 Å². The van der Waals surface area contributed by atoms with E-state index in [-0.39, 0.29) is 16.7 Å². The van der Waals surface area contributed by atoms with E-state index in [1.54, 1.807) is 11.6 Å². The second-order valence-electron chi connectivity index (χ2n) is 5.77. The highest BCUT2D eigenvalue weighted by Gasteiger charge is 2.34. The van der Waals surface area contributed by atoms with Crippen LogP contribution in [0.15, 0.2) is 0 Å². The van der Waals surface area contributed by atoms with Crippen molar-refractivity contribution in [2.45, 2.75) is 64.6 Å². The Kier molecular flexibility index (Phi) is 4.82. The maximum absolute atomic E-state index is 11.4. The molecule has 0 bridgehead atoms. The molecule has 1 aliphatic rings. The highest BCUT2D eigenvalue weighted by atomic mass is 16.6. The monoisotopic (exact) mass is 296 g/mol. The van der Waals surface area contributed by atoms with E-state index in [0.717, 1.165) is 32.1 Å². The molecular weight excluding hydrogens is 272 g/mol. The Bertz CT molecular complexity index is 515. The minimum atomic E-state index is -0.436. The minimum Gasteiger partial charge on any atom is -0.391 e. The predicted octanol–water partition coefficient (Wildman–Crippen LogP) is 2.25. The van der Waals surface area contributed by atoms with Gasteiger partial charge in [-0.15, -0.1) is 0 Å². The Hall–Kier alpha value is -1.63. The van der Waals surface area contributed by atoms with Crippen molar-refractivity contribution in [1.82, 2.24) is 9.78 Å². The molecule has 7 heteroatoms. The first-order valence-corrected chi connectivity index (χ1v) is 7.60. The summed E-state index contributed by atoms with van der Waals surface area (Å²) in [6.45, 7) is 4.32. The van der Waals surface area contributed by atoms with Gasteiger partial charge in [0.1, 0.15) is 5.69 Å². The summed E-state index contributed by atoms with van der Waals surface area (Å²) in [7, 11) is 1.83. The molecule has 1 heterocycles. The van der Waals surface area contributed by atoms with Crippen LogP contribution in [-0.2, 0) is 6.54 Å². The van der Waals surface area contributed by atoms with Gasteiger partial charge in [-0.1, -0.05) is 19.8 Å². The molecule has 0 radical (unpaired) electrons. The second kappa shape index (κ2) is 6.43. The number of rotatable bonds is 5. The summed E-state index contributed by atoms with van der Waals surface area (Å²) >= 11 is 0. The molecule has 0 aliphatic heterocycles. The molecule has 0 amide bonds. The lowest BCUT2D eigenvalue weighted by Crippen LogP contribution is -2.44. The van der Waals surface area contributed by atoms with E-state index in [1.807, 2.05) is 18.9 Å². The quantitative estimate of drug-likeness (QED) is 0.665. The zero-order valence-electron chi connectivity index (χ0n) is 12.9. The lowest BCUT2D eigenvalue weighted by atomic mass is 9.91. The van der Waals surface area contributed by atoms with Gasteiger partial charge in [-0.2, -0.15) is 5.10 Å². The number of aliphatic hydroxyl groups excluding tert-OH is 1. The first-order valence-electron chi connectivity index (χ1n) is 7.60. The van der Waals surface area contributed by atoms with Crippen molar-refractivity contribution in [2.75, 3.05) is 11.9 Å². The number of likely N-dealkylation sites (N-methyl/N-ethyl adjacent to an activating group) is 1. The van der Waals surface area contributed by atoms with Gasteiger partial charge < -0.3 is 10.0 Å². The Morgan fingerprint density at radius 1 is 1.48 bits per heavy atom. The van der Waals surface area contributed by atoms with Gasteiger partial charge in [-0.25, -0.2) is 4.68 Å². The Labute approximate surface area is 124 Å². The molecule has 2 rings (SSSR count). The SMILES string of the molecule is CCCn1nc(C)c([N+](=O)[O-])c1N(C)C1CCCCC1O. The van der Waals surface area contributed by atoms with Gasteiger partial charge in [-0.05, 0) is 26.2 Å². The number of nitro groups is 1. The number of hydrogen-bond acceptors (Lipinski definition) is 5. The first kappa shape index (κ1) is 15.8. The van der Waals surface area contributed by atoms with Crippen LogP contribution in [0.4, 0.5) is 11.5 Å². The van der Waals surface area contributed by atoms with Gasteiger partial charge in [0.2, 0.25) is 5.82 Å². The number of aryl methyl sites for hydroxylation is 2. The zero-order chi connectivity index (χ0) is 15.6. The average Bonchev–Trinajstić information content (AvgIpc) is 2.75. The number of hydrogen-bond donors (Lipinski definition) is 1. The van der Waals surface area contributed by atoms with Gasteiger partial charge in [-0.3, -0.25) is 10.1 Å². The number of aliphatic hydroxyl groups is 1. The van der Waals surface area contributed by atoms with Crippen molar-refractivity contribution in [3.63, 3.8) is 0 Å². The molecule has 7 nitrogen and oxygen atoms in total. The second-order valence-corrected chi connectivity index (χ2v) is 5.77. The molecule has 1 N–H and O–H groups in total. The van der Waals surface area contributed by atoms with Crippen molar-refractivity contribution >= 4 is 11.5 Å². The fraction of sp³-hybridized carbons (Fsp3) is 0.786. The van der Waals surface area contributed by atoms with E-state index in [4.69, 9.17) is 0 Å². The predicted molar refractivity (Wildman–Crippen MR) is 80.6 cm³/mol. The van der Waals surface area contributed by atoms with E-state index < -0.39 is 6.10 Å². The molecule has 1 saturated carbocycles. The molecule has 1 aliphatic carbocycles. The van der Waals surface area contributed by atoms with E-state index in [2.05, 4.69) is 5.10 Å². The highest BCUT2D eigenvalue weighted by molar-refractivity contribution is 5.61. The molecule has 0 spiro atoms. The molecule has 1 aromatic rings. The molecule has 2 atom stereocenters. The largest absolute Gasteiger partial charge is 0.391 e. The maximum Gasteiger partial charge on any atom is 0.333 e. The van der Waals surface area contributed by atoms with Crippen molar-refractivity contribution in [3.8, 4) is 0 Å². The van der Waals surface area contributed by atoms with E-state index in [9.17, 15) is 15.2 Å². The number of anilines is 1. The summed E-state index contributed by atoms with van der Waals surface area (Å²) in [5.74, 6) is 0.519. The Balaban J connectivity index is 2.42. The smallest absolute Gasteiger partial charge is 0.333 e. The van der Waals surface area contributed by atoms with Gasteiger partial charge in [0.15, 0.2) is 0 Å². The fourth-order valence-corrected chi connectivity index (χ4v) is 3.19. The van der Waals surface area contributed by atoms with Gasteiger partial charge in [0.05, 0.1) is 17.1 Å². The number of aromatic nitrogens is 2. The van der Waals surface area contributed by atoms with Crippen LogP contribution in [-0.4, -0.2) is 39.0 Å². The van der Waals surface area contributed by atoms with E-state index in [0.29, 0.717) is 18.1 Å². The summed E-state index contributed by atoms with van der Waals surface area (Å²) in [4.78, 5) is 12.9. The van der Waals surface area contributed by atoms with Crippen LogP contribution in [0.25, 0.3) is 0 Å². The van der Waals surface area contributed by atoms with Crippen LogP contribution in [0, 0.1) is 17.0 Å². The summed E-state index contributed by atoms with van der Waals surface area (Å²) in [6.07, 6.45) is 4.08. The normalized spacial score (nSPS) is 22.3. The maximum atomic E-state index is 11.4. The lowest BCUT2D eigenvalue weighted by Gasteiger charge is -2.36. The van der Waals surface area contributed by atoms with Crippen molar-refractivity contribution < 1.29 is 10.0 Å². The summed E-state index contributed by atoms with van der Waals surface area (Å²) in [6, 6.07) is -0.0795. The standard InChI is InChI=1S/C14H24N4O3/c1-4-9-17-14(13(18(20)21)10(2)15-17)16(3)11-7-5-6-8-12(11)19/h11-12,19H,4-9H2,1-3H3. The molecule has 0 aromatic carbocycles. The fourth-order valence-electron chi connectivity index (χ4n) is 3.19. The first-order chi connectivity index (χ1) is 9.97. The average molecular weight is 296 g/mol. The molecule has 118 valence electrons. The molecule has 2 unspecified atom stereocenters. The topological polar surface area (TPSA) is 84.4 Å². The van der Waals surface area contributed by atoms with Gasteiger partial charge in [0.25, 0.3) is 0 Å². The van der Waals surface area contributed by atoms with Crippen molar-refractivity contribution in [3.05, 3.63) is 15.8 Å². The van der Waals surface area contributed by atoms with Crippen LogP contribution >= 0.6 is 0 Å². The third-order valence-electron chi connectivity index (χ3n) is 4.21. The van der Waals surface area contributed by atoms with Gasteiger partial charge in [0, 0.05) is 13.6 Å². The number of nitrogens with zero attached hydrogens (tertiary/aromatic N) is 4.